The quantitative estimate of drug-likeness (QED) is 0.906. The number of hydrogen-bond acceptors (Lipinski definition) is 6. The summed E-state index contributed by atoms with van der Waals surface area (Å²) in [5, 5.41) is 6.46. The van der Waals surface area contributed by atoms with Crippen molar-refractivity contribution in [2.24, 2.45) is 0 Å². The van der Waals surface area contributed by atoms with Gasteiger partial charge in [-0.15, -0.1) is 11.3 Å². The minimum Gasteiger partial charge on any atom is -0.357 e. The normalized spacial score (nSPS) is 16.5. The molecule has 0 spiro atoms. The van der Waals surface area contributed by atoms with Crippen molar-refractivity contribution in [3.05, 3.63) is 10.9 Å². The Balaban J connectivity index is 1.95. The van der Waals surface area contributed by atoms with Crippen LogP contribution in [-0.4, -0.2) is 35.1 Å². The van der Waals surface area contributed by atoms with Crippen molar-refractivity contribution in [1.29, 1.82) is 0 Å². The summed E-state index contributed by atoms with van der Waals surface area (Å²) in [5.74, 6) is 1.61. The van der Waals surface area contributed by atoms with Crippen LogP contribution < -0.4 is 10.7 Å². The number of nitrogens with zero attached hydrogens (tertiary/aromatic N) is 3. The first-order valence-corrected chi connectivity index (χ1v) is 8.11. The summed E-state index contributed by atoms with van der Waals surface area (Å²) in [4.78, 5) is 11.6. The predicted octanol–water partition coefficient (Wildman–Crippen LogP) is 3.11. The van der Waals surface area contributed by atoms with E-state index in [0.29, 0.717) is 5.95 Å². The van der Waals surface area contributed by atoms with E-state index in [-0.39, 0.29) is 0 Å². The third-order valence-electron chi connectivity index (χ3n) is 3.64. The Morgan fingerprint density at radius 1 is 1.25 bits per heavy atom. The third-order valence-corrected chi connectivity index (χ3v) is 4.81. The molecular weight excluding hydrogens is 270 g/mol. The Morgan fingerprint density at radius 3 is 2.75 bits per heavy atom. The number of nitrogens with one attached hydrogen (secondary N) is 2. The van der Waals surface area contributed by atoms with Crippen LogP contribution in [0, 0.1) is 0 Å². The molecule has 5 nitrogen and oxygen atoms in total. The Labute approximate surface area is 123 Å². The van der Waals surface area contributed by atoms with Crippen LogP contribution in [0.3, 0.4) is 0 Å². The summed E-state index contributed by atoms with van der Waals surface area (Å²) in [7, 11) is 1.86. The van der Waals surface area contributed by atoms with Crippen LogP contribution in [0.1, 0.15) is 31.1 Å². The van der Waals surface area contributed by atoms with Gasteiger partial charge in [0.25, 0.3) is 0 Å². The molecule has 3 heterocycles. The van der Waals surface area contributed by atoms with Crippen molar-refractivity contribution >= 4 is 33.3 Å². The fourth-order valence-electron chi connectivity index (χ4n) is 2.50. The first-order valence-electron chi connectivity index (χ1n) is 7.30. The summed E-state index contributed by atoms with van der Waals surface area (Å²) in [6, 6.07) is 2.21. The van der Waals surface area contributed by atoms with Gasteiger partial charge in [-0.25, -0.2) is 9.99 Å². The van der Waals surface area contributed by atoms with Crippen LogP contribution in [0.2, 0.25) is 0 Å². The molecule has 0 bridgehead atoms. The number of piperidine rings is 1. The first-order chi connectivity index (χ1) is 9.80. The lowest BCUT2D eigenvalue weighted by molar-refractivity contribution is 0.272. The first kappa shape index (κ1) is 13.6. The van der Waals surface area contributed by atoms with Gasteiger partial charge in [0, 0.05) is 25.0 Å². The highest BCUT2D eigenvalue weighted by atomic mass is 32.1. The molecule has 0 atom stereocenters. The van der Waals surface area contributed by atoms with E-state index >= 15 is 0 Å². The minimum absolute atomic E-state index is 0.682. The maximum atomic E-state index is 4.59. The average molecular weight is 291 g/mol. The van der Waals surface area contributed by atoms with Crippen molar-refractivity contribution in [2.45, 2.75) is 32.6 Å². The molecule has 1 saturated heterocycles. The second-order valence-electron chi connectivity index (χ2n) is 5.09. The number of anilines is 2. The van der Waals surface area contributed by atoms with E-state index in [4.69, 9.17) is 0 Å². The highest BCUT2D eigenvalue weighted by Crippen LogP contribution is 2.30. The molecule has 0 aromatic carbocycles. The molecule has 0 radical (unpaired) electrons. The summed E-state index contributed by atoms with van der Waals surface area (Å²) in [6.45, 7) is 4.35. The third kappa shape index (κ3) is 2.71. The number of aryl methyl sites for hydroxylation is 1. The molecule has 2 aromatic heterocycles. The van der Waals surface area contributed by atoms with Crippen molar-refractivity contribution in [2.75, 3.05) is 30.9 Å². The summed E-state index contributed by atoms with van der Waals surface area (Å²) < 4.78 is 0. The van der Waals surface area contributed by atoms with Gasteiger partial charge in [0.15, 0.2) is 5.82 Å². The van der Waals surface area contributed by atoms with Crippen LogP contribution in [-0.2, 0) is 6.42 Å². The zero-order valence-corrected chi connectivity index (χ0v) is 12.9. The van der Waals surface area contributed by atoms with Crippen LogP contribution in [0.4, 0.5) is 11.8 Å². The molecular formula is C14H21N5S. The number of rotatable bonds is 4. The molecule has 6 heteroatoms. The Kier molecular flexibility index (Phi) is 4.03. The molecule has 2 N–H and O–H groups in total. The highest BCUT2D eigenvalue weighted by molar-refractivity contribution is 7.18. The number of fused-ring (bicyclic) bond motifs is 1. The van der Waals surface area contributed by atoms with E-state index in [0.717, 1.165) is 35.5 Å². The highest BCUT2D eigenvalue weighted by Gasteiger charge is 2.15. The molecule has 20 heavy (non-hydrogen) atoms. The SMILES string of the molecule is CCc1cc2c(NN3CCCCC3)nc(NC)nc2s1. The second kappa shape index (κ2) is 5.93. The largest absolute Gasteiger partial charge is 0.357 e. The number of thiophene rings is 1. The Bertz CT molecular complexity index is 589. The summed E-state index contributed by atoms with van der Waals surface area (Å²) in [6.07, 6.45) is 4.88. The maximum absolute atomic E-state index is 4.59. The van der Waals surface area contributed by atoms with Crippen molar-refractivity contribution in [1.82, 2.24) is 15.0 Å². The summed E-state index contributed by atoms with van der Waals surface area (Å²) in [5.41, 5.74) is 3.48. The molecule has 1 aliphatic rings. The van der Waals surface area contributed by atoms with Crippen molar-refractivity contribution < 1.29 is 0 Å². The van der Waals surface area contributed by atoms with Crippen molar-refractivity contribution in [3.63, 3.8) is 0 Å². The maximum Gasteiger partial charge on any atom is 0.225 e. The van der Waals surface area contributed by atoms with E-state index < -0.39 is 0 Å². The topological polar surface area (TPSA) is 53.1 Å². The second-order valence-corrected chi connectivity index (χ2v) is 6.21. The zero-order chi connectivity index (χ0) is 13.9. The van der Waals surface area contributed by atoms with E-state index in [1.165, 1.54) is 24.1 Å². The van der Waals surface area contributed by atoms with E-state index in [9.17, 15) is 0 Å². The molecule has 0 saturated carbocycles. The van der Waals surface area contributed by atoms with Crippen molar-refractivity contribution in [3.8, 4) is 0 Å². The minimum atomic E-state index is 0.682. The van der Waals surface area contributed by atoms with E-state index in [1.807, 2.05) is 7.05 Å². The molecule has 1 aliphatic heterocycles. The summed E-state index contributed by atoms with van der Waals surface area (Å²) >= 11 is 1.75. The molecule has 108 valence electrons. The van der Waals surface area contributed by atoms with Gasteiger partial charge in [-0.05, 0) is 25.3 Å². The monoisotopic (exact) mass is 291 g/mol. The lowest BCUT2D eigenvalue weighted by atomic mass is 10.2. The van der Waals surface area contributed by atoms with Crippen LogP contribution in [0.25, 0.3) is 10.2 Å². The van der Waals surface area contributed by atoms with E-state index in [1.54, 1.807) is 11.3 Å². The lowest BCUT2D eigenvalue weighted by Crippen LogP contribution is -2.35. The van der Waals surface area contributed by atoms with Gasteiger partial charge in [-0.2, -0.15) is 4.98 Å². The standard InChI is InChI=1S/C14H21N5S/c1-3-10-9-11-12(18-19-7-5-4-6-8-19)16-14(15-2)17-13(11)20-10/h9H,3-8H2,1-2H3,(H2,15,16,17,18). The number of hydrazine groups is 1. The number of hydrogen-bond donors (Lipinski definition) is 2. The average Bonchev–Trinajstić information content (AvgIpc) is 2.91. The molecule has 2 aromatic rings. The lowest BCUT2D eigenvalue weighted by Gasteiger charge is -2.27. The molecule has 0 amide bonds. The smallest absolute Gasteiger partial charge is 0.225 e. The van der Waals surface area contributed by atoms with Gasteiger partial charge >= 0.3 is 0 Å². The molecule has 3 rings (SSSR count). The van der Waals surface area contributed by atoms with Crippen LogP contribution in [0.5, 0.6) is 0 Å². The van der Waals surface area contributed by atoms with Gasteiger partial charge in [0.2, 0.25) is 5.95 Å². The van der Waals surface area contributed by atoms with Gasteiger partial charge in [-0.1, -0.05) is 13.3 Å². The van der Waals surface area contributed by atoms with Gasteiger partial charge in [-0.3, -0.25) is 0 Å². The van der Waals surface area contributed by atoms with E-state index in [2.05, 4.69) is 38.7 Å². The van der Waals surface area contributed by atoms with Crippen LogP contribution >= 0.6 is 11.3 Å². The van der Waals surface area contributed by atoms with Gasteiger partial charge in [0.1, 0.15) is 4.83 Å². The molecule has 1 fully saturated rings. The number of aromatic nitrogens is 2. The van der Waals surface area contributed by atoms with Gasteiger partial charge in [0.05, 0.1) is 5.39 Å². The predicted molar refractivity (Wildman–Crippen MR) is 85.4 cm³/mol. The van der Waals surface area contributed by atoms with Crippen LogP contribution in [0.15, 0.2) is 6.07 Å². The molecule has 0 aliphatic carbocycles. The molecule has 0 unspecified atom stereocenters. The Hall–Kier alpha value is -1.40. The fourth-order valence-corrected chi connectivity index (χ4v) is 3.47. The van der Waals surface area contributed by atoms with Gasteiger partial charge < -0.3 is 10.7 Å². The Morgan fingerprint density at radius 2 is 2.05 bits per heavy atom. The zero-order valence-electron chi connectivity index (χ0n) is 12.1. The fraction of sp³-hybridized carbons (Fsp3) is 0.571.